The van der Waals surface area contributed by atoms with Crippen LogP contribution in [-0.4, -0.2) is 31.7 Å². The van der Waals surface area contributed by atoms with E-state index in [1.807, 2.05) is 97.3 Å². The van der Waals surface area contributed by atoms with Crippen molar-refractivity contribution in [3.8, 4) is 45.5 Å². The lowest BCUT2D eigenvalue weighted by Crippen LogP contribution is -2.06. The van der Waals surface area contributed by atoms with Gasteiger partial charge in [0.2, 0.25) is 0 Å². The molecule has 0 radical (unpaired) electrons. The molecule has 0 N–H and O–H groups in total. The van der Waals surface area contributed by atoms with Crippen molar-refractivity contribution in [3.63, 3.8) is 0 Å². The number of rotatable bonds is 7. The van der Waals surface area contributed by atoms with Gasteiger partial charge in [0.25, 0.3) is 0 Å². The Morgan fingerprint density at radius 3 is 1.18 bits per heavy atom. The van der Waals surface area contributed by atoms with Crippen molar-refractivity contribution >= 4 is 12.6 Å². The van der Waals surface area contributed by atoms with Crippen molar-refractivity contribution in [1.82, 2.24) is 19.1 Å². The van der Waals surface area contributed by atoms with E-state index in [4.69, 9.17) is 9.97 Å². The molecule has 0 bridgehead atoms. The second kappa shape index (κ2) is 9.95. The van der Waals surface area contributed by atoms with Crippen LogP contribution in [0.3, 0.4) is 0 Å². The smallest absolute Gasteiger partial charge is 0.181 e. The first-order chi connectivity index (χ1) is 18.8. The first-order valence-corrected chi connectivity index (χ1v) is 12.1. The van der Waals surface area contributed by atoms with E-state index in [0.717, 1.165) is 46.5 Å². The maximum atomic E-state index is 11.2. The molecule has 182 valence electrons. The van der Waals surface area contributed by atoms with Crippen molar-refractivity contribution in [2.75, 3.05) is 0 Å². The molecule has 0 atom stereocenters. The van der Waals surface area contributed by atoms with Crippen LogP contribution in [0, 0.1) is 0 Å². The molecule has 0 fully saturated rings. The molecule has 6 nitrogen and oxygen atoms in total. The van der Waals surface area contributed by atoms with Crippen LogP contribution in [0.15, 0.2) is 122 Å². The van der Waals surface area contributed by atoms with E-state index in [2.05, 4.69) is 9.13 Å². The van der Waals surface area contributed by atoms with Crippen LogP contribution in [0.2, 0.25) is 0 Å². The van der Waals surface area contributed by atoms with Crippen LogP contribution in [0.4, 0.5) is 0 Å². The lowest BCUT2D eigenvalue weighted by atomic mass is 10.1. The van der Waals surface area contributed by atoms with Gasteiger partial charge in [-0.2, -0.15) is 0 Å². The highest BCUT2D eigenvalue weighted by atomic mass is 16.1. The Morgan fingerprint density at radius 2 is 0.842 bits per heavy atom. The van der Waals surface area contributed by atoms with Gasteiger partial charge in [-0.15, -0.1) is 0 Å². The summed E-state index contributed by atoms with van der Waals surface area (Å²) in [6.07, 6.45) is 5.34. The van der Waals surface area contributed by atoms with E-state index >= 15 is 0 Å². The number of hydrogen-bond donors (Lipinski definition) is 0. The van der Waals surface area contributed by atoms with Crippen LogP contribution in [0.25, 0.3) is 45.5 Å². The minimum absolute atomic E-state index is 0.615. The molecule has 4 aromatic carbocycles. The predicted molar refractivity (Wildman–Crippen MR) is 148 cm³/mol. The number of carbonyl (C=O) groups excluding carboxylic acids is 2. The van der Waals surface area contributed by atoms with E-state index in [1.54, 1.807) is 24.3 Å². The van der Waals surface area contributed by atoms with E-state index in [0.29, 0.717) is 22.8 Å². The molecule has 0 aliphatic rings. The van der Waals surface area contributed by atoms with Gasteiger partial charge in [-0.3, -0.25) is 18.7 Å². The van der Waals surface area contributed by atoms with E-state index in [9.17, 15) is 9.59 Å². The van der Waals surface area contributed by atoms with Crippen LogP contribution in [-0.2, 0) is 0 Å². The lowest BCUT2D eigenvalue weighted by Gasteiger charge is -2.15. The number of nitrogens with zero attached hydrogens (tertiary/aromatic N) is 4. The molecule has 0 spiro atoms. The molecule has 38 heavy (non-hydrogen) atoms. The number of carbonyl (C=O) groups is 2. The van der Waals surface area contributed by atoms with Crippen molar-refractivity contribution < 1.29 is 9.59 Å². The van der Waals surface area contributed by atoms with Gasteiger partial charge in [-0.05, 0) is 24.3 Å². The largest absolute Gasteiger partial charge is 0.298 e. The minimum atomic E-state index is 0.615. The second-order valence-electron chi connectivity index (χ2n) is 8.76. The number of aromatic nitrogens is 4. The van der Waals surface area contributed by atoms with Gasteiger partial charge < -0.3 is 0 Å². The molecule has 6 aromatic rings. The average Bonchev–Trinajstić information content (AvgIpc) is 3.63. The molecular weight excluding hydrogens is 472 g/mol. The number of aldehydes is 2. The highest BCUT2D eigenvalue weighted by Gasteiger charge is 2.22. The molecule has 2 aromatic heterocycles. The summed E-state index contributed by atoms with van der Waals surface area (Å²) >= 11 is 0. The summed E-state index contributed by atoms with van der Waals surface area (Å²) in [6.45, 7) is 0. The van der Waals surface area contributed by atoms with E-state index in [1.165, 1.54) is 0 Å². The van der Waals surface area contributed by atoms with E-state index < -0.39 is 0 Å². The van der Waals surface area contributed by atoms with Crippen molar-refractivity contribution in [3.05, 3.63) is 133 Å². The fraction of sp³-hybridized carbons (Fsp3) is 0. The van der Waals surface area contributed by atoms with Gasteiger partial charge in [0.15, 0.2) is 11.6 Å². The first kappa shape index (κ1) is 23.1. The molecule has 0 aliphatic heterocycles. The highest BCUT2D eigenvalue weighted by Crippen LogP contribution is 2.34. The summed E-state index contributed by atoms with van der Waals surface area (Å²) < 4.78 is 4.16. The average molecular weight is 495 g/mol. The maximum Gasteiger partial charge on any atom is 0.181 e. The minimum Gasteiger partial charge on any atom is -0.298 e. The zero-order valence-electron chi connectivity index (χ0n) is 20.3. The molecule has 2 heterocycles. The standard InChI is InChI=1S/C32H22N4O2/c37-21-23-11-15-25(16-12-23)29-19-33-31(35(29)27-7-3-1-4-8-27)32-34-20-30(26-17-13-24(22-38)14-18-26)36(32)28-9-5-2-6-10-28/h1-22H. The summed E-state index contributed by atoms with van der Waals surface area (Å²) in [4.78, 5) is 32.2. The highest BCUT2D eigenvalue weighted by molar-refractivity contribution is 5.79. The van der Waals surface area contributed by atoms with Crippen LogP contribution in [0.5, 0.6) is 0 Å². The quantitative estimate of drug-likeness (QED) is 0.232. The van der Waals surface area contributed by atoms with Crippen molar-refractivity contribution in [2.45, 2.75) is 0 Å². The van der Waals surface area contributed by atoms with Crippen LogP contribution >= 0.6 is 0 Å². The normalized spacial score (nSPS) is 10.8. The molecule has 0 unspecified atom stereocenters. The van der Waals surface area contributed by atoms with Gasteiger partial charge in [0, 0.05) is 33.6 Å². The molecule has 6 rings (SSSR count). The van der Waals surface area contributed by atoms with Gasteiger partial charge in [-0.25, -0.2) is 9.97 Å². The third-order valence-electron chi connectivity index (χ3n) is 6.44. The Hall–Kier alpha value is -5.36. The number of para-hydroxylation sites is 2. The Bertz CT molecular complexity index is 1590. The van der Waals surface area contributed by atoms with Crippen molar-refractivity contribution in [2.24, 2.45) is 0 Å². The third-order valence-corrected chi connectivity index (χ3v) is 6.44. The zero-order valence-corrected chi connectivity index (χ0v) is 20.3. The van der Waals surface area contributed by atoms with Crippen LogP contribution < -0.4 is 0 Å². The summed E-state index contributed by atoms with van der Waals surface area (Å²) in [5.41, 5.74) is 6.73. The lowest BCUT2D eigenvalue weighted by molar-refractivity contribution is 0.111. The van der Waals surface area contributed by atoms with Gasteiger partial charge in [-0.1, -0.05) is 84.9 Å². The number of benzene rings is 4. The zero-order chi connectivity index (χ0) is 25.9. The second-order valence-corrected chi connectivity index (χ2v) is 8.76. The Labute approximate surface area is 219 Å². The Kier molecular flexibility index (Phi) is 6.04. The molecule has 6 heteroatoms. The maximum absolute atomic E-state index is 11.2. The third kappa shape index (κ3) is 4.14. The summed E-state index contributed by atoms with van der Waals surface area (Å²) in [7, 11) is 0. The summed E-state index contributed by atoms with van der Waals surface area (Å²) in [6, 6.07) is 34.9. The summed E-state index contributed by atoms with van der Waals surface area (Å²) in [5.74, 6) is 1.34. The Balaban J connectivity index is 1.60. The number of imidazole rings is 2. The Morgan fingerprint density at radius 1 is 0.474 bits per heavy atom. The molecule has 0 saturated heterocycles. The number of hydrogen-bond acceptors (Lipinski definition) is 4. The van der Waals surface area contributed by atoms with Crippen molar-refractivity contribution in [1.29, 1.82) is 0 Å². The summed E-state index contributed by atoms with van der Waals surface area (Å²) in [5, 5.41) is 0. The van der Waals surface area contributed by atoms with Gasteiger partial charge >= 0.3 is 0 Å². The van der Waals surface area contributed by atoms with Gasteiger partial charge in [0.05, 0.1) is 23.8 Å². The fourth-order valence-corrected chi connectivity index (χ4v) is 4.57. The van der Waals surface area contributed by atoms with Gasteiger partial charge in [0.1, 0.15) is 12.6 Å². The molecule has 0 aliphatic carbocycles. The molecule has 0 saturated carbocycles. The molecular formula is C32H22N4O2. The van der Waals surface area contributed by atoms with Crippen LogP contribution in [0.1, 0.15) is 20.7 Å². The monoisotopic (exact) mass is 494 g/mol. The van der Waals surface area contributed by atoms with E-state index in [-0.39, 0.29) is 0 Å². The SMILES string of the molecule is O=Cc1ccc(-c2cnc(-c3ncc(-c4ccc(C=O)cc4)n3-c3ccccc3)n2-c2ccccc2)cc1. The first-order valence-electron chi connectivity index (χ1n) is 12.1. The topological polar surface area (TPSA) is 69.8 Å². The predicted octanol–water partition coefficient (Wildman–Crippen LogP) is 6.68. The fourth-order valence-electron chi connectivity index (χ4n) is 4.57. The molecule has 0 amide bonds.